The number of nitrogens with one attached hydrogen (secondary N) is 1. The van der Waals surface area contributed by atoms with E-state index in [4.69, 9.17) is 4.74 Å². The number of benzene rings is 2. The van der Waals surface area contributed by atoms with E-state index in [1.54, 1.807) is 6.08 Å². The molecule has 7 heteroatoms. The standard InChI is InChI=1S/C20H19N3O2S2/c1-14-3-5-16(6-4-14)13-25-17-10-7-15(8-11-17)9-12-18(24)21-19-22-23-20(26-2)27-19/h3-12H,13H2,1-2H3,(H,21,22,24)/b12-9+. The van der Waals surface area contributed by atoms with Gasteiger partial charge in [0, 0.05) is 6.08 Å². The first-order chi connectivity index (χ1) is 13.1. The highest BCUT2D eigenvalue weighted by Gasteiger charge is 2.05. The van der Waals surface area contributed by atoms with E-state index in [0.717, 1.165) is 21.2 Å². The molecule has 0 unspecified atom stereocenters. The van der Waals surface area contributed by atoms with E-state index in [0.29, 0.717) is 11.7 Å². The maximum atomic E-state index is 11.9. The van der Waals surface area contributed by atoms with Crippen LogP contribution in [-0.4, -0.2) is 22.4 Å². The van der Waals surface area contributed by atoms with Gasteiger partial charge in [0.1, 0.15) is 12.4 Å². The number of ether oxygens (including phenoxy) is 1. The number of aryl methyl sites for hydroxylation is 1. The van der Waals surface area contributed by atoms with Crippen LogP contribution < -0.4 is 10.1 Å². The van der Waals surface area contributed by atoms with Crippen LogP contribution in [0.25, 0.3) is 6.08 Å². The number of hydrogen-bond donors (Lipinski definition) is 1. The van der Waals surface area contributed by atoms with Crippen molar-refractivity contribution in [2.45, 2.75) is 17.9 Å². The molecule has 0 aliphatic carbocycles. The van der Waals surface area contributed by atoms with Crippen LogP contribution >= 0.6 is 23.1 Å². The zero-order valence-electron chi connectivity index (χ0n) is 15.0. The fourth-order valence-corrected chi connectivity index (χ4v) is 3.36. The molecule has 3 rings (SSSR count). The van der Waals surface area contributed by atoms with Gasteiger partial charge in [-0.15, -0.1) is 10.2 Å². The molecular weight excluding hydrogens is 378 g/mol. The van der Waals surface area contributed by atoms with Crippen LogP contribution in [0.3, 0.4) is 0 Å². The minimum absolute atomic E-state index is 0.237. The number of aromatic nitrogens is 2. The summed E-state index contributed by atoms with van der Waals surface area (Å²) in [6, 6.07) is 15.9. The molecule has 1 heterocycles. The monoisotopic (exact) mass is 397 g/mol. The Hall–Kier alpha value is -2.64. The summed E-state index contributed by atoms with van der Waals surface area (Å²) in [6.45, 7) is 2.59. The number of anilines is 1. The predicted octanol–water partition coefficient (Wildman–Crippen LogP) is 4.80. The van der Waals surface area contributed by atoms with Crippen molar-refractivity contribution in [2.24, 2.45) is 0 Å². The van der Waals surface area contributed by atoms with Gasteiger partial charge in [-0.25, -0.2) is 0 Å². The van der Waals surface area contributed by atoms with Crippen LogP contribution in [0.1, 0.15) is 16.7 Å². The van der Waals surface area contributed by atoms with Crippen molar-refractivity contribution in [1.82, 2.24) is 10.2 Å². The van der Waals surface area contributed by atoms with E-state index >= 15 is 0 Å². The number of carbonyl (C=O) groups excluding carboxylic acids is 1. The number of amides is 1. The number of rotatable bonds is 7. The zero-order chi connectivity index (χ0) is 19.1. The molecule has 0 atom stereocenters. The van der Waals surface area contributed by atoms with Gasteiger partial charge < -0.3 is 4.74 Å². The normalized spacial score (nSPS) is 10.9. The predicted molar refractivity (Wildman–Crippen MR) is 111 cm³/mol. The Morgan fingerprint density at radius 2 is 1.89 bits per heavy atom. The molecule has 5 nitrogen and oxygen atoms in total. The molecule has 0 fully saturated rings. The van der Waals surface area contributed by atoms with Gasteiger partial charge in [0.15, 0.2) is 4.34 Å². The van der Waals surface area contributed by atoms with Crippen molar-refractivity contribution in [3.05, 3.63) is 71.3 Å². The fourth-order valence-electron chi connectivity index (χ4n) is 2.19. The minimum Gasteiger partial charge on any atom is -0.489 e. The molecule has 0 saturated carbocycles. The SMILES string of the molecule is CSc1nnc(NC(=O)/C=C/c2ccc(OCc3ccc(C)cc3)cc2)s1. The molecule has 0 radical (unpaired) electrons. The molecule has 0 bridgehead atoms. The summed E-state index contributed by atoms with van der Waals surface area (Å²) in [5.74, 6) is 0.550. The first kappa shape index (κ1) is 19.1. The Morgan fingerprint density at radius 1 is 1.15 bits per heavy atom. The highest BCUT2D eigenvalue weighted by atomic mass is 32.2. The Morgan fingerprint density at radius 3 is 2.56 bits per heavy atom. The third-order valence-electron chi connectivity index (χ3n) is 3.64. The van der Waals surface area contributed by atoms with Crippen molar-refractivity contribution in [1.29, 1.82) is 0 Å². The highest BCUT2D eigenvalue weighted by Crippen LogP contribution is 2.23. The van der Waals surface area contributed by atoms with Crippen molar-refractivity contribution >= 4 is 40.2 Å². The summed E-state index contributed by atoms with van der Waals surface area (Å²) < 4.78 is 6.60. The lowest BCUT2D eigenvalue weighted by molar-refractivity contribution is -0.111. The van der Waals surface area contributed by atoms with E-state index in [9.17, 15) is 4.79 Å². The third-order valence-corrected chi connectivity index (χ3v) is 5.46. The number of hydrogen-bond acceptors (Lipinski definition) is 6. The first-order valence-corrected chi connectivity index (χ1v) is 10.3. The van der Waals surface area contributed by atoms with Crippen LogP contribution in [0, 0.1) is 6.92 Å². The molecule has 3 aromatic rings. The summed E-state index contributed by atoms with van der Waals surface area (Å²) in [5.41, 5.74) is 3.27. The molecule has 1 amide bonds. The van der Waals surface area contributed by atoms with E-state index in [1.807, 2.05) is 30.5 Å². The first-order valence-electron chi connectivity index (χ1n) is 8.27. The minimum atomic E-state index is -0.237. The molecular formula is C20H19N3O2S2. The summed E-state index contributed by atoms with van der Waals surface area (Å²) >= 11 is 2.84. The van der Waals surface area contributed by atoms with Crippen LogP contribution in [0.4, 0.5) is 5.13 Å². The van der Waals surface area contributed by atoms with Crippen LogP contribution in [0.15, 0.2) is 58.9 Å². The second kappa shape index (κ2) is 9.34. The maximum Gasteiger partial charge on any atom is 0.250 e. The maximum absolute atomic E-state index is 11.9. The quantitative estimate of drug-likeness (QED) is 0.352. The zero-order valence-corrected chi connectivity index (χ0v) is 16.6. The molecule has 27 heavy (non-hydrogen) atoms. The second-order valence-electron chi connectivity index (χ2n) is 5.74. The molecule has 0 aliphatic rings. The molecule has 0 aliphatic heterocycles. The van der Waals surface area contributed by atoms with Crippen LogP contribution in [0.2, 0.25) is 0 Å². The lowest BCUT2D eigenvalue weighted by atomic mass is 10.1. The molecule has 0 saturated heterocycles. The number of nitrogens with zero attached hydrogens (tertiary/aromatic N) is 2. The van der Waals surface area contributed by atoms with E-state index in [-0.39, 0.29) is 5.91 Å². The lowest BCUT2D eigenvalue weighted by Gasteiger charge is -2.07. The van der Waals surface area contributed by atoms with E-state index in [1.165, 1.54) is 34.7 Å². The van der Waals surface area contributed by atoms with E-state index in [2.05, 4.69) is 46.7 Å². The van der Waals surface area contributed by atoms with Gasteiger partial charge in [-0.2, -0.15) is 0 Å². The van der Waals surface area contributed by atoms with Crippen molar-refractivity contribution in [3.63, 3.8) is 0 Å². The van der Waals surface area contributed by atoms with Crippen LogP contribution in [0.5, 0.6) is 5.75 Å². The Bertz CT molecular complexity index is 919. The van der Waals surface area contributed by atoms with Gasteiger partial charge in [0.2, 0.25) is 11.0 Å². The summed E-state index contributed by atoms with van der Waals surface area (Å²) in [5, 5.41) is 11.0. The van der Waals surface area contributed by atoms with Gasteiger partial charge >= 0.3 is 0 Å². The van der Waals surface area contributed by atoms with Gasteiger partial charge in [-0.05, 0) is 42.5 Å². The lowest BCUT2D eigenvalue weighted by Crippen LogP contribution is -2.07. The summed E-state index contributed by atoms with van der Waals surface area (Å²) in [6.07, 6.45) is 5.14. The van der Waals surface area contributed by atoms with Crippen LogP contribution in [-0.2, 0) is 11.4 Å². The molecule has 138 valence electrons. The largest absolute Gasteiger partial charge is 0.489 e. The average Bonchev–Trinajstić information content (AvgIpc) is 3.14. The van der Waals surface area contributed by atoms with Gasteiger partial charge in [-0.3, -0.25) is 10.1 Å². The Kier molecular flexibility index (Phi) is 6.62. The molecule has 1 aromatic heterocycles. The van der Waals surface area contributed by atoms with Crippen molar-refractivity contribution in [2.75, 3.05) is 11.6 Å². The van der Waals surface area contributed by atoms with Crippen molar-refractivity contribution < 1.29 is 9.53 Å². The van der Waals surface area contributed by atoms with Gasteiger partial charge in [0.05, 0.1) is 0 Å². The van der Waals surface area contributed by atoms with Crippen molar-refractivity contribution in [3.8, 4) is 5.75 Å². The van der Waals surface area contributed by atoms with Gasteiger partial charge in [0.25, 0.3) is 0 Å². The summed E-state index contributed by atoms with van der Waals surface area (Å²) in [4.78, 5) is 11.9. The average molecular weight is 398 g/mol. The van der Waals surface area contributed by atoms with E-state index < -0.39 is 0 Å². The highest BCUT2D eigenvalue weighted by molar-refractivity contribution is 8.00. The topological polar surface area (TPSA) is 64.1 Å². The number of thioether (sulfide) groups is 1. The molecule has 2 aromatic carbocycles. The second-order valence-corrected chi connectivity index (χ2v) is 7.77. The number of carbonyl (C=O) groups is 1. The Labute approximate surface area is 166 Å². The molecule has 0 spiro atoms. The smallest absolute Gasteiger partial charge is 0.250 e. The third kappa shape index (κ3) is 5.94. The summed E-state index contributed by atoms with van der Waals surface area (Å²) in [7, 11) is 0. The fraction of sp³-hybridized carbons (Fsp3) is 0.150. The van der Waals surface area contributed by atoms with Gasteiger partial charge in [-0.1, -0.05) is 65.1 Å². The Balaban J connectivity index is 1.51. The molecule has 1 N–H and O–H groups in total.